The fourth-order valence-corrected chi connectivity index (χ4v) is 4.28. The maximum atomic E-state index is 12.4. The SMILES string of the molecule is Cc1c(C(=O)NN=Cc2cc(C)n(-c3ccc(I)cc3)c2C)sc(N)c1C#N. The predicted molar refractivity (Wildman–Crippen MR) is 121 cm³/mol. The first-order valence-corrected chi connectivity index (χ1v) is 10.3. The van der Waals surface area contributed by atoms with Crippen molar-refractivity contribution in [3.05, 3.63) is 66.9 Å². The van der Waals surface area contributed by atoms with Crippen LogP contribution in [-0.2, 0) is 0 Å². The highest BCUT2D eigenvalue weighted by Crippen LogP contribution is 2.29. The molecule has 28 heavy (non-hydrogen) atoms. The van der Waals surface area contributed by atoms with E-state index in [9.17, 15) is 4.79 Å². The molecule has 0 bridgehead atoms. The molecule has 0 aliphatic carbocycles. The van der Waals surface area contributed by atoms with Gasteiger partial charge in [-0.25, -0.2) is 5.43 Å². The zero-order chi connectivity index (χ0) is 20.4. The molecule has 0 atom stereocenters. The van der Waals surface area contributed by atoms with Crippen LogP contribution in [0.5, 0.6) is 0 Å². The molecule has 0 spiro atoms. The zero-order valence-electron chi connectivity index (χ0n) is 15.6. The van der Waals surface area contributed by atoms with Gasteiger partial charge in [0.25, 0.3) is 5.91 Å². The van der Waals surface area contributed by atoms with E-state index in [0.29, 0.717) is 21.0 Å². The summed E-state index contributed by atoms with van der Waals surface area (Å²) in [6.07, 6.45) is 1.63. The third-order valence-corrected chi connectivity index (χ3v) is 6.26. The molecule has 1 aromatic carbocycles. The van der Waals surface area contributed by atoms with Gasteiger partial charge in [-0.2, -0.15) is 10.4 Å². The molecule has 2 heterocycles. The molecule has 2 aromatic heterocycles. The van der Waals surface area contributed by atoms with Crippen LogP contribution in [0.15, 0.2) is 35.4 Å². The van der Waals surface area contributed by atoms with E-state index in [1.807, 2.05) is 26.0 Å². The fourth-order valence-electron chi connectivity index (χ4n) is 3.01. The van der Waals surface area contributed by atoms with Crippen LogP contribution in [0.1, 0.15) is 37.7 Å². The summed E-state index contributed by atoms with van der Waals surface area (Å²) in [4.78, 5) is 12.8. The molecule has 0 radical (unpaired) electrons. The average molecular weight is 503 g/mol. The molecular weight excluding hydrogens is 485 g/mol. The molecule has 142 valence electrons. The van der Waals surface area contributed by atoms with Crippen molar-refractivity contribution in [3.63, 3.8) is 0 Å². The molecule has 0 aliphatic rings. The summed E-state index contributed by atoms with van der Waals surface area (Å²) in [6.45, 7) is 5.75. The van der Waals surface area contributed by atoms with Crippen molar-refractivity contribution in [2.24, 2.45) is 5.10 Å². The molecule has 1 amide bonds. The number of nitrogens with zero attached hydrogens (tertiary/aromatic N) is 3. The Hall–Kier alpha value is -2.64. The zero-order valence-corrected chi connectivity index (χ0v) is 18.6. The van der Waals surface area contributed by atoms with Crippen LogP contribution in [0.4, 0.5) is 5.00 Å². The van der Waals surface area contributed by atoms with Crippen molar-refractivity contribution < 1.29 is 4.79 Å². The molecule has 6 nitrogen and oxygen atoms in total. The van der Waals surface area contributed by atoms with Gasteiger partial charge in [0.15, 0.2) is 0 Å². The minimum Gasteiger partial charge on any atom is -0.389 e. The van der Waals surface area contributed by atoms with Gasteiger partial charge < -0.3 is 10.3 Å². The van der Waals surface area contributed by atoms with Crippen molar-refractivity contribution in [1.29, 1.82) is 5.26 Å². The lowest BCUT2D eigenvalue weighted by atomic mass is 10.2. The smallest absolute Gasteiger partial charge is 0.281 e. The van der Waals surface area contributed by atoms with Crippen LogP contribution >= 0.6 is 33.9 Å². The van der Waals surface area contributed by atoms with Crippen molar-refractivity contribution >= 4 is 51.1 Å². The van der Waals surface area contributed by atoms with E-state index in [-0.39, 0.29) is 5.91 Å². The Morgan fingerprint density at radius 2 is 2.00 bits per heavy atom. The second-order valence-electron chi connectivity index (χ2n) is 6.24. The van der Waals surface area contributed by atoms with Gasteiger partial charge in [-0.1, -0.05) is 0 Å². The Morgan fingerprint density at radius 3 is 2.61 bits per heavy atom. The number of nitrogens with one attached hydrogen (secondary N) is 1. The van der Waals surface area contributed by atoms with Crippen LogP contribution in [0, 0.1) is 35.7 Å². The summed E-state index contributed by atoms with van der Waals surface area (Å²) in [5.41, 5.74) is 13.3. The first kappa shape index (κ1) is 20.1. The lowest BCUT2D eigenvalue weighted by Gasteiger charge is -2.09. The highest BCUT2D eigenvalue weighted by atomic mass is 127. The number of thiophene rings is 1. The maximum Gasteiger partial charge on any atom is 0.281 e. The number of hydrogen-bond acceptors (Lipinski definition) is 5. The summed E-state index contributed by atoms with van der Waals surface area (Å²) < 4.78 is 3.32. The fraction of sp³-hybridized carbons (Fsp3) is 0.150. The quantitative estimate of drug-likeness (QED) is 0.316. The highest BCUT2D eigenvalue weighted by molar-refractivity contribution is 14.1. The Balaban J connectivity index is 1.80. The minimum absolute atomic E-state index is 0.343. The lowest BCUT2D eigenvalue weighted by molar-refractivity contribution is 0.0958. The van der Waals surface area contributed by atoms with Crippen LogP contribution < -0.4 is 11.2 Å². The van der Waals surface area contributed by atoms with Crippen LogP contribution in [0.25, 0.3) is 5.69 Å². The molecule has 3 rings (SSSR count). The van der Waals surface area contributed by atoms with E-state index in [0.717, 1.165) is 34.0 Å². The topological polar surface area (TPSA) is 96.2 Å². The summed E-state index contributed by atoms with van der Waals surface area (Å²) in [7, 11) is 0. The second-order valence-corrected chi connectivity index (χ2v) is 8.54. The predicted octanol–water partition coefficient (Wildman–Crippen LogP) is 4.29. The Morgan fingerprint density at radius 1 is 1.32 bits per heavy atom. The third-order valence-electron chi connectivity index (χ3n) is 4.42. The van der Waals surface area contributed by atoms with Gasteiger partial charge >= 0.3 is 0 Å². The van der Waals surface area contributed by atoms with Gasteiger partial charge in [0.1, 0.15) is 15.9 Å². The summed E-state index contributed by atoms with van der Waals surface area (Å²) in [5, 5.41) is 13.5. The number of amides is 1. The Kier molecular flexibility index (Phi) is 5.86. The van der Waals surface area contributed by atoms with E-state index < -0.39 is 0 Å². The molecule has 3 N–H and O–H groups in total. The van der Waals surface area contributed by atoms with Crippen LogP contribution in [-0.4, -0.2) is 16.7 Å². The number of anilines is 1. The van der Waals surface area contributed by atoms with E-state index in [1.165, 1.54) is 3.57 Å². The Bertz CT molecular complexity index is 1120. The monoisotopic (exact) mass is 503 g/mol. The number of aromatic nitrogens is 1. The van der Waals surface area contributed by atoms with Gasteiger partial charge in [0.05, 0.1) is 11.8 Å². The van der Waals surface area contributed by atoms with Gasteiger partial charge in [0.2, 0.25) is 0 Å². The first-order chi connectivity index (χ1) is 13.3. The van der Waals surface area contributed by atoms with Gasteiger partial charge in [0, 0.05) is 26.2 Å². The number of rotatable bonds is 4. The molecule has 3 aromatic rings. The highest BCUT2D eigenvalue weighted by Gasteiger charge is 2.18. The maximum absolute atomic E-state index is 12.4. The van der Waals surface area contributed by atoms with E-state index in [1.54, 1.807) is 13.1 Å². The number of nitrogen functional groups attached to an aromatic ring is 1. The minimum atomic E-state index is -0.376. The molecule has 0 aliphatic heterocycles. The van der Waals surface area contributed by atoms with Crippen molar-refractivity contribution in [3.8, 4) is 11.8 Å². The van der Waals surface area contributed by atoms with Crippen LogP contribution in [0.3, 0.4) is 0 Å². The lowest BCUT2D eigenvalue weighted by Crippen LogP contribution is -2.17. The summed E-state index contributed by atoms with van der Waals surface area (Å²) >= 11 is 3.37. The molecule has 0 fully saturated rings. The van der Waals surface area contributed by atoms with E-state index in [2.05, 4.69) is 62.0 Å². The van der Waals surface area contributed by atoms with E-state index in [4.69, 9.17) is 11.0 Å². The van der Waals surface area contributed by atoms with E-state index >= 15 is 0 Å². The number of hydrazone groups is 1. The number of hydrogen-bond donors (Lipinski definition) is 2. The van der Waals surface area contributed by atoms with Crippen molar-refractivity contribution in [1.82, 2.24) is 9.99 Å². The van der Waals surface area contributed by atoms with Crippen LogP contribution in [0.2, 0.25) is 0 Å². The van der Waals surface area contributed by atoms with Gasteiger partial charge in [-0.3, -0.25) is 4.79 Å². The molecule has 8 heteroatoms. The number of nitriles is 1. The molecule has 0 saturated heterocycles. The number of halogens is 1. The summed E-state index contributed by atoms with van der Waals surface area (Å²) in [5.74, 6) is -0.376. The van der Waals surface area contributed by atoms with Gasteiger partial charge in [-0.05, 0) is 79.3 Å². The standard InChI is InChI=1S/C20H18IN5OS/c1-11-8-14(13(3)26(11)16-6-4-15(21)5-7-16)10-24-25-20(27)18-12(2)17(9-22)19(23)28-18/h4-8,10H,23H2,1-3H3,(H,25,27). The van der Waals surface area contributed by atoms with Gasteiger partial charge in [-0.15, -0.1) is 11.3 Å². The third kappa shape index (κ3) is 3.81. The van der Waals surface area contributed by atoms with Crippen molar-refractivity contribution in [2.45, 2.75) is 20.8 Å². The first-order valence-electron chi connectivity index (χ1n) is 8.40. The van der Waals surface area contributed by atoms with Crippen molar-refractivity contribution in [2.75, 3.05) is 5.73 Å². The summed E-state index contributed by atoms with van der Waals surface area (Å²) in [6, 6.07) is 12.3. The number of nitrogens with two attached hydrogens (primary N) is 1. The Labute approximate surface area is 180 Å². The second kappa shape index (κ2) is 8.16. The molecule has 0 unspecified atom stereocenters. The number of carbonyl (C=O) groups is 1. The largest absolute Gasteiger partial charge is 0.389 e. The average Bonchev–Trinajstić information content (AvgIpc) is 3.11. The normalized spacial score (nSPS) is 11.0. The molecular formula is C20H18IN5OS. The molecule has 0 saturated carbocycles. The number of carbonyl (C=O) groups excluding carboxylic acids is 1. The number of benzene rings is 1. The number of aryl methyl sites for hydroxylation is 1.